The van der Waals surface area contributed by atoms with Crippen molar-refractivity contribution in [3.05, 3.63) is 23.8 Å². The summed E-state index contributed by atoms with van der Waals surface area (Å²) in [7, 11) is 0. The minimum Gasteiger partial charge on any atom is -0.478 e. The minimum absolute atomic E-state index is 0.200. The lowest BCUT2D eigenvalue weighted by atomic mass is 10.0. The van der Waals surface area contributed by atoms with Crippen LogP contribution in [0.5, 0.6) is 0 Å². The number of hydrogen-bond donors (Lipinski definition) is 2. The van der Waals surface area contributed by atoms with Crippen LogP contribution in [0, 0.1) is 5.92 Å². The Balaban J connectivity index is 2.19. The van der Waals surface area contributed by atoms with Gasteiger partial charge in [0.2, 0.25) is 0 Å². The predicted molar refractivity (Wildman–Crippen MR) is 73.0 cm³/mol. The molecule has 4 heteroatoms. The Morgan fingerprint density at radius 2 is 2.33 bits per heavy atom. The van der Waals surface area contributed by atoms with Crippen LogP contribution in [0.3, 0.4) is 0 Å². The minimum atomic E-state index is -0.960. The van der Waals surface area contributed by atoms with Gasteiger partial charge in [0.15, 0.2) is 0 Å². The van der Waals surface area contributed by atoms with E-state index in [1.807, 2.05) is 6.07 Å². The van der Waals surface area contributed by atoms with Crippen LogP contribution in [0.1, 0.15) is 36.5 Å². The molecule has 4 nitrogen and oxygen atoms in total. The lowest BCUT2D eigenvalue weighted by Crippen LogP contribution is -2.21. The molecule has 2 rings (SSSR count). The van der Waals surface area contributed by atoms with Crippen molar-refractivity contribution in [1.29, 1.82) is 0 Å². The van der Waals surface area contributed by atoms with Gasteiger partial charge in [-0.15, -0.1) is 0 Å². The highest BCUT2D eigenvalue weighted by Crippen LogP contribution is 2.32. The number of hydrogen-bond acceptors (Lipinski definition) is 3. The summed E-state index contributed by atoms with van der Waals surface area (Å²) in [5.74, 6) is -0.249. The Kier molecular flexibility index (Phi) is 3.75. The standard InChI is InChI=1S/C14H20N2O2/c1-2-4-10-7-8-16(9-10)12-6-3-5-11(13(12)15)14(17)18/h3,5-6,10H,2,4,7-9,15H2,1H3,(H,17,18). The topological polar surface area (TPSA) is 66.6 Å². The molecular weight excluding hydrogens is 228 g/mol. The maximum atomic E-state index is 11.1. The monoisotopic (exact) mass is 248 g/mol. The number of nitrogens with two attached hydrogens (primary N) is 1. The molecule has 98 valence electrons. The van der Waals surface area contributed by atoms with Gasteiger partial charge in [0.1, 0.15) is 0 Å². The molecule has 1 fully saturated rings. The number of rotatable bonds is 4. The van der Waals surface area contributed by atoms with Crippen LogP contribution in [-0.2, 0) is 0 Å². The van der Waals surface area contributed by atoms with Crippen LogP contribution < -0.4 is 10.6 Å². The van der Waals surface area contributed by atoms with E-state index in [0.717, 1.165) is 18.8 Å². The van der Waals surface area contributed by atoms with E-state index in [4.69, 9.17) is 10.8 Å². The molecule has 0 aliphatic carbocycles. The first-order chi connectivity index (χ1) is 8.63. The fourth-order valence-electron chi connectivity index (χ4n) is 2.71. The Labute approximate surface area is 107 Å². The number of carbonyl (C=O) groups is 1. The Bertz CT molecular complexity index is 445. The highest BCUT2D eigenvalue weighted by atomic mass is 16.4. The normalized spacial score (nSPS) is 19.2. The van der Waals surface area contributed by atoms with Crippen LogP contribution in [-0.4, -0.2) is 24.2 Å². The fraction of sp³-hybridized carbons (Fsp3) is 0.500. The summed E-state index contributed by atoms with van der Waals surface area (Å²) in [4.78, 5) is 13.3. The van der Waals surface area contributed by atoms with E-state index in [1.165, 1.54) is 19.3 Å². The zero-order valence-corrected chi connectivity index (χ0v) is 10.7. The SMILES string of the molecule is CCCC1CCN(c2cccc(C(=O)O)c2N)C1. The second-order valence-electron chi connectivity index (χ2n) is 4.93. The quantitative estimate of drug-likeness (QED) is 0.804. The maximum absolute atomic E-state index is 11.1. The molecule has 1 aliphatic heterocycles. The number of carboxylic acid groups (broad SMARTS) is 1. The maximum Gasteiger partial charge on any atom is 0.337 e. The summed E-state index contributed by atoms with van der Waals surface area (Å²) < 4.78 is 0. The summed E-state index contributed by atoms with van der Waals surface area (Å²) in [5.41, 5.74) is 7.42. The number of nitrogens with zero attached hydrogens (tertiary/aromatic N) is 1. The van der Waals surface area contributed by atoms with E-state index in [2.05, 4.69) is 11.8 Å². The van der Waals surface area contributed by atoms with E-state index < -0.39 is 5.97 Å². The third kappa shape index (κ3) is 2.42. The molecule has 1 saturated heterocycles. The fourth-order valence-corrected chi connectivity index (χ4v) is 2.71. The first-order valence-corrected chi connectivity index (χ1v) is 6.50. The molecule has 0 radical (unpaired) electrons. The van der Waals surface area contributed by atoms with Crippen LogP contribution in [0.25, 0.3) is 0 Å². The number of nitrogen functional groups attached to an aromatic ring is 1. The number of aromatic carboxylic acids is 1. The highest BCUT2D eigenvalue weighted by molar-refractivity contribution is 5.97. The van der Waals surface area contributed by atoms with Crippen LogP contribution >= 0.6 is 0 Å². The van der Waals surface area contributed by atoms with Crippen molar-refractivity contribution in [2.75, 3.05) is 23.7 Å². The molecule has 18 heavy (non-hydrogen) atoms. The summed E-state index contributed by atoms with van der Waals surface area (Å²) in [6.07, 6.45) is 3.60. The molecule has 0 aromatic heterocycles. The van der Waals surface area contributed by atoms with Gasteiger partial charge in [-0.3, -0.25) is 0 Å². The second kappa shape index (κ2) is 5.29. The number of para-hydroxylation sites is 1. The lowest BCUT2D eigenvalue weighted by molar-refractivity contribution is 0.0698. The van der Waals surface area contributed by atoms with Gasteiger partial charge < -0.3 is 15.7 Å². The average molecular weight is 248 g/mol. The van der Waals surface area contributed by atoms with E-state index in [9.17, 15) is 4.79 Å². The first-order valence-electron chi connectivity index (χ1n) is 6.50. The van der Waals surface area contributed by atoms with Crippen LogP contribution in [0.15, 0.2) is 18.2 Å². The average Bonchev–Trinajstić information content (AvgIpc) is 2.78. The third-order valence-electron chi connectivity index (χ3n) is 3.64. The second-order valence-corrected chi connectivity index (χ2v) is 4.93. The molecule has 1 atom stereocenters. The Morgan fingerprint density at radius 1 is 1.56 bits per heavy atom. The molecule has 1 heterocycles. The van der Waals surface area contributed by atoms with Crippen molar-refractivity contribution < 1.29 is 9.90 Å². The van der Waals surface area contributed by atoms with Crippen molar-refractivity contribution in [2.24, 2.45) is 5.92 Å². The molecule has 1 unspecified atom stereocenters. The molecule has 0 saturated carbocycles. The number of benzene rings is 1. The van der Waals surface area contributed by atoms with E-state index in [-0.39, 0.29) is 5.56 Å². The summed E-state index contributed by atoms with van der Waals surface area (Å²) >= 11 is 0. The molecule has 1 aromatic carbocycles. The molecule has 1 aromatic rings. The molecule has 0 amide bonds. The smallest absolute Gasteiger partial charge is 0.337 e. The van der Waals surface area contributed by atoms with Crippen LogP contribution in [0.2, 0.25) is 0 Å². The van der Waals surface area contributed by atoms with Gasteiger partial charge in [0.05, 0.1) is 16.9 Å². The van der Waals surface area contributed by atoms with Gasteiger partial charge in [-0.2, -0.15) is 0 Å². The van der Waals surface area contributed by atoms with Crippen molar-refractivity contribution in [3.63, 3.8) is 0 Å². The van der Waals surface area contributed by atoms with Gasteiger partial charge in [-0.25, -0.2) is 4.79 Å². The molecule has 0 bridgehead atoms. The van der Waals surface area contributed by atoms with E-state index in [1.54, 1.807) is 12.1 Å². The highest BCUT2D eigenvalue weighted by Gasteiger charge is 2.24. The molecular formula is C14H20N2O2. The zero-order valence-electron chi connectivity index (χ0n) is 10.7. The largest absolute Gasteiger partial charge is 0.478 e. The van der Waals surface area contributed by atoms with Gasteiger partial charge in [-0.1, -0.05) is 19.4 Å². The third-order valence-corrected chi connectivity index (χ3v) is 3.64. The van der Waals surface area contributed by atoms with Gasteiger partial charge in [0, 0.05) is 13.1 Å². The number of carboxylic acids is 1. The lowest BCUT2D eigenvalue weighted by Gasteiger charge is -2.21. The van der Waals surface area contributed by atoms with Crippen molar-refractivity contribution in [1.82, 2.24) is 0 Å². The zero-order chi connectivity index (χ0) is 13.1. The Hall–Kier alpha value is -1.71. The van der Waals surface area contributed by atoms with Gasteiger partial charge in [0.25, 0.3) is 0 Å². The van der Waals surface area contributed by atoms with E-state index in [0.29, 0.717) is 11.6 Å². The Morgan fingerprint density at radius 3 is 3.00 bits per heavy atom. The predicted octanol–water partition coefficient (Wildman–Crippen LogP) is 2.59. The first kappa shape index (κ1) is 12.7. The van der Waals surface area contributed by atoms with Crippen molar-refractivity contribution in [2.45, 2.75) is 26.2 Å². The van der Waals surface area contributed by atoms with Crippen LogP contribution in [0.4, 0.5) is 11.4 Å². The van der Waals surface area contributed by atoms with Crippen molar-refractivity contribution >= 4 is 17.3 Å². The summed E-state index contributed by atoms with van der Waals surface area (Å²) in [6, 6.07) is 5.24. The number of anilines is 2. The van der Waals surface area contributed by atoms with Gasteiger partial charge in [-0.05, 0) is 30.9 Å². The summed E-state index contributed by atoms with van der Waals surface area (Å²) in [5, 5.41) is 9.07. The molecule has 1 aliphatic rings. The molecule has 3 N–H and O–H groups in total. The summed E-state index contributed by atoms with van der Waals surface area (Å²) in [6.45, 7) is 4.15. The van der Waals surface area contributed by atoms with Gasteiger partial charge >= 0.3 is 5.97 Å². The van der Waals surface area contributed by atoms with E-state index >= 15 is 0 Å². The molecule has 0 spiro atoms. The van der Waals surface area contributed by atoms with Crippen molar-refractivity contribution in [3.8, 4) is 0 Å².